The molecule has 0 aliphatic rings. The first-order valence-corrected chi connectivity index (χ1v) is 4.43. The summed E-state index contributed by atoms with van der Waals surface area (Å²) in [4.78, 5) is 4.17. The van der Waals surface area contributed by atoms with Gasteiger partial charge in [0, 0.05) is 11.6 Å². The molecule has 0 aromatic carbocycles. The molecule has 0 radical (unpaired) electrons. The van der Waals surface area contributed by atoms with Crippen molar-refractivity contribution in [3.8, 4) is 11.8 Å². The second-order valence-electron chi connectivity index (χ2n) is 4.22. The third-order valence-electron chi connectivity index (χ3n) is 1.48. The maximum atomic E-state index is 4.17. The van der Waals surface area contributed by atoms with Gasteiger partial charge < -0.3 is 0 Å². The van der Waals surface area contributed by atoms with Gasteiger partial charge in [-0.25, -0.2) is 4.98 Å². The van der Waals surface area contributed by atoms with Crippen LogP contribution in [0.5, 0.6) is 0 Å². The van der Waals surface area contributed by atoms with Crippen molar-refractivity contribution < 1.29 is 0 Å². The van der Waals surface area contributed by atoms with E-state index in [0.717, 1.165) is 5.69 Å². The second kappa shape index (κ2) is 3.62. The van der Waals surface area contributed by atoms with Crippen LogP contribution in [0.3, 0.4) is 0 Å². The molecular formula is C12H15N. The molecule has 1 aromatic rings. The fraction of sp³-hybridized carbons (Fsp3) is 0.417. The molecule has 0 saturated heterocycles. The molecule has 1 heteroatoms. The Morgan fingerprint density at radius 2 is 2.00 bits per heavy atom. The van der Waals surface area contributed by atoms with Gasteiger partial charge in [0.25, 0.3) is 0 Å². The Balaban J connectivity index is 2.90. The van der Waals surface area contributed by atoms with Gasteiger partial charge in [0.1, 0.15) is 5.69 Å². The van der Waals surface area contributed by atoms with Crippen molar-refractivity contribution in [3.63, 3.8) is 0 Å². The fourth-order valence-corrected chi connectivity index (χ4v) is 0.856. The van der Waals surface area contributed by atoms with Crippen LogP contribution in [-0.2, 0) is 0 Å². The Hall–Kier alpha value is -1.29. The van der Waals surface area contributed by atoms with Crippen molar-refractivity contribution in [1.82, 2.24) is 4.98 Å². The fourth-order valence-electron chi connectivity index (χ4n) is 0.856. The minimum Gasteiger partial charge on any atom is -0.248 e. The minimum atomic E-state index is 0.0470. The van der Waals surface area contributed by atoms with Gasteiger partial charge in [0.15, 0.2) is 0 Å². The van der Waals surface area contributed by atoms with Gasteiger partial charge >= 0.3 is 0 Å². The van der Waals surface area contributed by atoms with Crippen molar-refractivity contribution in [2.24, 2.45) is 5.41 Å². The van der Waals surface area contributed by atoms with Crippen molar-refractivity contribution in [3.05, 3.63) is 29.6 Å². The van der Waals surface area contributed by atoms with Crippen LogP contribution in [0.1, 0.15) is 32.0 Å². The summed E-state index contributed by atoms with van der Waals surface area (Å²) in [5, 5.41) is 0. The van der Waals surface area contributed by atoms with E-state index in [0.29, 0.717) is 0 Å². The van der Waals surface area contributed by atoms with Crippen LogP contribution in [0, 0.1) is 24.2 Å². The maximum Gasteiger partial charge on any atom is 0.113 e. The van der Waals surface area contributed by atoms with Crippen LogP contribution in [0.2, 0.25) is 0 Å². The summed E-state index contributed by atoms with van der Waals surface area (Å²) in [5.74, 6) is 6.22. The molecule has 0 saturated carbocycles. The molecule has 0 bridgehead atoms. The second-order valence-corrected chi connectivity index (χ2v) is 4.22. The first kappa shape index (κ1) is 9.80. The number of hydrogen-bond donors (Lipinski definition) is 0. The van der Waals surface area contributed by atoms with E-state index in [1.165, 1.54) is 5.56 Å². The minimum absolute atomic E-state index is 0.0470. The lowest BCUT2D eigenvalue weighted by molar-refractivity contribution is 0.571. The first-order valence-electron chi connectivity index (χ1n) is 4.43. The molecule has 0 aliphatic heterocycles. The summed E-state index contributed by atoms with van der Waals surface area (Å²) in [6.45, 7) is 8.32. The highest BCUT2D eigenvalue weighted by atomic mass is 14.6. The molecule has 68 valence electrons. The van der Waals surface area contributed by atoms with Crippen LogP contribution in [0.25, 0.3) is 0 Å². The number of hydrogen-bond acceptors (Lipinski definition) is 1. The summed E-state index contributed by atoms with van der Waals surface area (Å²) in [6, 6.07) is 3.97. The SMILES string of the molecule is Cc1ccnc(C#CC(C)(C)C)c1. The number of nitrogens with zero attached hydrogens (tertiary/aromatic N) is 1. The summed E-state index contributed by atoms with van der Waals surface area (Å²) in [5.41, 5.74) is 2.11. The molecule has 0 aliphatic carbocycles. The molecular weight excluding hydrogens is 158 g/mol. The van der Waals surface area contributed by atoms with Gasteiger partial charge in [0.05, 0.1) is 0 Å². The van der Waals surface area contributed by atoms with E-state index >= 15 is 0 Å². The van der Waals surface area contributed by atoms with Crippen LogP contribution < -0.4 is 0 Å². The van der Waals surface area contributed by atoms with E-state index in [2.05, 4.69) is 37.6 Å². The van der Waals surface area contributed by atoms with Crippen LogP contribution in [-0.4, -0.2) is 4.98 Å². The number of rotatable bonds is 0. The van der Waals surface area contributed by atoms with Crippen LogP contribution in [0.4, 0.5) is 0 Å². The highest BCUT2D eigenvalue weighted by Gasteiger charge is 2.03. The van der Waals surface area contributed by atoms with Crippen LogP contribution in [0.15, 0.2) is 18.3 Å². The average molecular weight is 173 g/mol. The van der Waals surface area contributed by atoms with Gasteiger partial charge in [0.2, 0.25) is 0 Å². The number of pyridine rings is 1. The summed E-state index contributed by atoms with van der Waals surface area (Å²) in [6.07, 6.45) is 1.79. The van der Waals surface area contributed by atoms with Crippen molar-refractivity contribution in [1.29, 1.82) is 0 Å². The van der Waals surface area contributed by atoms with E-state index in [-0.39, 0.29) is 5.41 Å². The lowest BCUT2D eigenvalue weighted by atomic mass is 9.98. The lowest BCUT2D eigenvalue weighted by Gasteiger charge is -2.06. The third-order valence-corrected chi connectivity index (χ3v) is 1.48. The average Bonchev–Trinajstić information content (AvgIpc) is 2.00. The van der Waals surface area contributed by atoms with Gasteiger partial charge in [-0.2, -0.15) is 0 Å². The van der Waals surface area contributed by atoms with Gasteiger partial charge in [-0.15, -0.1) is 0 Å². The molecule has 1 rings (SSSR count). The largest absolute Gasteiger partial charge is 0.248 e. The molecule has 0 atom stereocenters. The van der Waals surface area contributed by atoms with Crippen molar-refractivity contribution >= 4 is 0 Å². The molecule has 0 N–H and O–H groups in total. The lowest BCUT2D eigenvalue weighted by Crippen LogP contribution is -1.99. The maximum absolute atomic E-state index is 4.17. The highest BCUT2D eigenvalue weighted by molar-refractivity contribution is 5.31. The standard InChI is InChI=1S/C12H15N/c1-10-6-8-13-11(9-10)5-7-12(2,3)4/h6,8-9H,1-4H3. The van der Waals surface area contributed by atoms with Gasteiger partial charge in [-0.1, -0.05) is 5.92 Å². The quantitative estimate of drug-likeness (QED) is 0.550. The smallest absolute Gasteiger partial charge is 0.113 e. The molecule has 0 amide bonds. The summed E-state index contributed by atoms with van der Waals surface area (Å²) in [7, 11) is 0. The Kier molecular flexibility index (Phi) is 2.72. The van der Waals surface area contributed by atoms with E-state index in [1.807, 2.05) is 19.1 Å². The topological polar surface area (TPSA) is 12.9 Å². The van der Waals surface area contributed by atoms with E-state index in [1.54, 1.807) is 6.20 Å². The Bertz CT molecular complexity index is 347. The van der Waals surface area contributed by atoms with Gasteiger partial charge in [-0.05, 0) is 51.3 Å². The monoisotopic (exact) mass is 173 g/mol. The van der Waals surface area contributed by atoms with E-state index in [9.17, 15) is 0 Å². The molecule has 0 fully saturated rings. The Labute approximate surface area is 80.2 Å². The zero-order valence-corrected chi connectivity index (χ0v) is 8.68. The highest BCUT2D eigenvalue weighted by Crippen LogP contribution is 2.10. The number of aromatic nitrogens is 1. The predicted octanol–water partition coefficient (Wildman–Crippen LogP) is 2.79. The Morgan fingerprint density at radius 3 is 2.54 bits per heavy atom. The van der Waals surface area contributed by atoms with Crippen molar-refractivity contribution in [2.45, 2.75) is 27.7 Å². The third kappa shape index (κ3) is 3.75. The van der Waals surface area contributed by atoms with Gasteiger partial charge in [-0.3, -0.25) is 0 Å². The zero-order valence-electron chi connectivity index (χ0n) is 8.68. The van der Waals surface area contributed by atoms with E-state index in [4.69, 9.17) is 0 Å². The predicted molar refractivity (Wildman–Crippen MR) is 55.3 cm³/mol. The van der Waals surface area contributed by atoms with Crippen molar-refractivity contribution in [2.75, 3.05) is 0 Å². The molecule has 1 nitrogen and oxygen atoms in total. The summed E-state index contributed by atoms with van der Waals surface area (Å²) < 4.78 is 0. The zero-order chi connectivity index (χ0) is 9.90. The molecule has 13 heavy (non-hydrogen) atoms. The molecule has 1 heterocycles. The number of aryl methyl sites for hydroxylation is 1. The summed E-state index contributed by atoms with van der Waals surface area (Å²) >= 11 is 0. The normalized spacial score (nSPS) is 10.5. The first-order chi connectivity index (χ1) is 5.97. The Morgan fingerprint density at radius 1 is 1.31 bits per heavy atom. The van der Waals surface area contributed by atoms with E-state index < -0.39 is 0 Å². The molecule has 0 unspecified atom stereocenters. The molecule has 1 aromatic heterocycles. The van der Waals surface area contributed by atoms with Crippen LogP contribution >= 0.6 is 0 Å². The molecule has 0 spiro atoms.